The first-order chi connectivity index (χ1) is 9.97. The molecule has 1 aromatic carbocycles. The number of hydrogen-bond donors (Lipinski definition) is 0. The Morgan fingerprint density at radius 1 is 0.826 bits per heavy atom. The first kappa shape index (κ1) is 19.7. The summed E-state index contributed by atoms with van der Waals surface area (Å²) in [5.41, 5.74) is -3.74. The average molecular weight is 385 g/mol. The van der Waals surface area contributed by atoms with E-state index in [1.165, 1.54) is 0 Å². The van der Waals surface area contributed by atoms with Gasteiger partial charge in [0.1, 0.15) is 0 Å². The van der Waals surface area contributed by atoms with E-state index in [1.807, 2.05) is 0 Å². The van der Waals surface area contributed by atoms with Crippen molar-refractivity contribution < 1.29 is 43.2 Å². The predicted octanol–water partition coefficient (Wildman–Crippen LogP) is 2.30. The van der Waals surface area contributed by atoms with Gasteiger partial charge < -0.3 is 0 Å². The Morgan fingerprint density at radius 2 is 1.17 bits per heavy atom. The molecule has 0 atom stereocenters. The molecular weight excluding hydrogens is 376 g/mol. The Hall–Kier alpha value is -1.34. The number of sulfonamides is 2. The summed E-state index contributed by atoms with van der Waals surface area (Å²) in [6.07, 6.45) is -10.1. The van der Waals surface area contributed by atoms with Crippen molar-refractivity contribution in [2.24, 2.45) is 0 Å². The van der Waals surface area contributed by atoms with E-state index in [4.69, 9.17) is 0 Å². The first-order valence-electron chi connectivity index (χ1n) is 5.46. The zero-order valence-electron chi connectivity index (χ0n) is 11.4. The van der Waals surface area contributed by atoms with Gasteiger partial charge in [0, 0.05) is 7.05 Å². The van der Waals surface area contributed by atoms with Crippen LogP contribution in [0.3, 0.4) is 0 Å². The fourth-order valence-electron chi connectivity index (χ4n) is 1.40. The fraction of sp³-hybridized carbons (Fsp3) is 0.400. The second kappa shape index (κ2) is 5.63. The number of alkyl halides is 6. The summed E-state index contributed by atoms with van der Waals surface area (Å²) in [6, 6.07) is -0.391. The van der Waals surface area contributed by atoms with Crippen LogP contribution in [0.1, 0.15) is 11.1 Å². The van der Waals surface area contributed by atoms with Crippen molar-refractivity contribution >= 4 is 20.0 Å². The Kier molecular flexibility index (Phi) is 4.82. The van der Waals surface area contributed by atoms with E-state index in [1.54, 1.807) is 0 Å². The Balaban J connectivity index is 3.72. The molecule has 1 aromatic rings. The lowest BCUT2D eigenvalue weighted by molar-refractivity contribution is -0.143. The van der Waals surface area contributed by atoms with Crippen LogP contribution in [0.4, 0.5) is 26.3 Å². The third kappa shape index (κ3) is 4.35. The normalized spacial score (nSPS) is 14.3. The molecule has 13 heteroatoms. The predicted molar refractivity (Wildman–Crippen MR) is 66.2 cm³/mol. The number of halogens is 6. The van der Waals surface area contributed by atoms with E-state index < -0.39 is 48.4 Å². The molecule has 0 spiro atoms. The van der Waals surface area contributed by atoms with Crippen LogP contribution >= 0.6 is 0 Å². The SMILES string of the molecule is CN(S(C)(=O)=O)S(=O)(=O)c1cc(C(F)(F)F)cc(C(F)(F)F)c1. The van der Waals surface area contributed by atoms with Crippen molar-refractivity contribution in [2.75, 3.05) is 13.3 Å². The van der Waals surface area contributed by atoms with Gasteiger partial charge in [-0.1, -0.05) is 3.71 Å². The highest BCUT2D eigenvalue weighted by Gasteiger charge is 2.39. The van der Waals surface area contributed by atoms with E-state index in [9.17, 15) is 43.2 Å². The highest BCUT2D eigenvalue weighted by atomic mass is 32.3. The molecule has 0 saturated heterocycles. The lowest BCUT2D eigenvalue weighted by Gasteiger charge is -2.18. The van der Waals surface area contributed by atoms with Gasteiger partial charge in [0.15, 0.2) is 0 Å². The Bertz CT molecular complexity index is 778. The Labute approximate surface area is 127 Å². The molecule has 0 aliphatic carbocycles. The zero-order valence-corrected chi connectivity index (χ0v) is 13.0. The van der Waals surface area contributed by atoms with Crippen LogP contribution in [-0.2, 0) is 32.4 Å². The molecular formula is C10H9F6NO4S2. The van der Waals surface area contributed by atoms with Crippen LogP contribution in [0, 0.1) is 0 Å². The molecule has 0 aliphatic rings. The molecule has 0 N–H and O–H groups in total. The lowest BCUT2D eigenvalue weighted by atomic mass is 10.1. The van der Waals surface area contributed by atoms with Crippen molar-refractivity contribution in [3.63, 3.8) is 0 Å². The van der Waals surface area contributed by atoms with Gasteiger partial charge in [0.05, 0.1) is 22.3 Å². The van der Waals surface area contributed by atoms with Crippen molar-refractivity contribution in [1.29, 1.82) is 0 Å². The summed E-state index contributed by atoms with van der Waals surface area (Å²) >= 11 is 0. The van der Waals surface area contributed by atoms with Gasteiger partial charge in [-0.15, -0.1) is 0 Å². The maximum atomic E-state index is 12.7. The summed E-state index contributed by atoms with van der Waals surface area (Å²) in [7, 11) is -9.04. The van der Waals surface area contributed by atoms with E-state index >= 15 is 0 Å². The van der Waals surface area contributed by atoms with Gasteiger partial charge in [-0.3, -0.25) is 0 Å². The summed E-state index contributed by atoms with van der Waals surface area (Å²) in [4.78, 5) is -1.44. The quantitative estimate of drug-likeness (QED) is 0.749. The second-order valence-electron chi connectivity index (χ2n) is 4.39. The molecule has 0 amide bonds. The van der Waals surface area contributed by atoms with Crippen LogP contribution < -0.4 is 0 Å². The minimum atomic E-state index is -5.25. The maximum Gasteiger partial charge on any atom is 0.416 e. The smallest absolute Gasteiger partial charge is 0.212 e. The number of hydrogen-bond acceptors (Lipinski definition) is 4. The minimum absolute atomic E-state index is 0.0632. The molecule has 0 unspecified atom stereocenters. The van der Waals surface area contributed by atoms with Gasteiger partial charge in [-0.2, -0.15) is 26.3 Å². The molecule has 0 radical (unpaired) electrons. The van der Waals surface area contributed by atoms with Gasteiger partial charge in [-0.25, -0.2) is 16.8 Å². The highest BCUT2D eigenvalue weighted by molar-refractivity contribution is 8.03. The summed E-state index contributed by atoms with van der Waals surface area (Å²) in [5.74, 6) is 0. The summed E-state index contributed by atoms with van der Waals surface area (Å²) < 4.78 is 122. The molecule has 132 valence electrons. The topological polar surface area (TPSA) is 71.5 Å². The largest absolute Gasteiger partial charge is 0.416 e. The van der Waals surface area contributed by atoms with Crippen LogP contribution in [0.2, 0.25) is 0 Å². The standard InChI is InChI=1S/C10H9F6NO4S2/c1-17(22(2,18)19)23(20,21)8-4-6(9(11,12)13)3-7(5-8)10(14,15)16/h3-5H,1-2H3. The van der Waals surface area contributed by atoms with E-state index in [2.05, 4.69) is 0 Å². The minimum Gasteiger partial charge on any atom is -0.212 e. The van der Waals surface area contributed by atoms with Crippen LogP contribution in [0.5, 0.6) is 0 Å². The van der Waals surface area contributed by atoms with Gasteiger partial charge in [0.25, 0.3) is 10.0 Å². The van der Waals surface area contributed by atoms with E-state index in [-0.39, 0.29) is 21.9 Å². The lowest BCUT2D eigenvalue weighted by Crippen LogP contribution is -2.32. The highest BCUT2D eigenvalue weighted by Crippen LogP contribution is 2.37. The second-order valence-corrected chi connectivity index (χ2v) is 8.60. The van der Waals surface area contributed by atoms with Gasteiger partial charge in [0.2, 0.25) is 10.0 Å². The molecule has 23 heavy (non-hydrogen) atoms. The van der Waals surface area contributed by atoms with Crippen molar-refractivity contribution in [2.45, 2.75) is 17.2 Å². The van der Waals surface area contributed by atoms with Crippen molar-refractivity contribution in [3.8, 4) is 0 Å². The first-order valence-corrected chi connectivity index (χ1v) is 8.75. The van der Waals surface area contributed by atoms with Gasteiger partial charge >= 0.3 is 12.4 Å². The van der Waals surface area contributed by atoms with Crippen LogP contribution in [-0.4, -0.2) is 33.8 Å². The molecule has 0 aliphatic heterocycles. The molecule has 0 aromatic heterocycles. The molecule has 0 saturated carbocycles. The van der Waals surface area contributed by atoms with Crippen molar-refractivity contribution in [1.82, 2.24) is 3.71 Å². The molecule has 0 fully saturated rings. The fourth-order valence-corrected chi connectivity index (χ4v) is 3.93. The van der Waals surface area contributed by atoms with Crippen LogP contribution in [0.25, 0.3) is 0 Å². The van der Waals surface area contributed by atoms with E-state index in [0.29, 0.717) is 13.3 Å². The van der Waals surface area contributed by atoms with Crippen molar-refractivity contribution in [3.05, 3.63) is 29.3 Å². The molecule has 0 bridgehead atoms. The third-order valence-electron chi connectivity index (χ3n) is 2.66. The number of nitrogens with zero attached hydrogens (tertiary/aromatic N) is 1. The number of rotatable bonds is 3. The average Bonchev–Trinajstić information content (AvgIpc) is 2.34. The number of benzene rings is 1. The Morgan fingerprint density at radius 3 is 1.43 bits per heavy atom. The zero-order chi connectivity index (χ0) is 18.4. The molecule has 5 nitrogen and oxygen atoms in total. The monoisotopic (exact) mass is 385 g/mol. The van der Waals surface area contributed by atoms with Gasteiger partial charge in [-0.05, 0) is 18.2 Å². The summed E-state index contributed by atoms with van der Waals surface area (Å²) in [5, 5.41) is 0. The molecule has 1 rings (SSSR count). The van der Waals surface area contributed by atoms with Crippen LogP contribution in [0.15, 0.2) is 23.1 Å². The maximum absolute atomic E-state index is 12.7. The molecule has 0 heterocycles. The third-order valence-corrected chi connectivity index (χ3v) is 6.51. The summed E-state index contributed by atoms with van der Waals surface area (Å²) in [6.45, 7) is 0. The van der Waals surface area contributed by atoms with E-state index in [0.717, 1.165) is 0 Å².